The van der Waals surface area contributed by atoms with Crippen molar-refractivity contribution in [1.29, 1.82) is 0 Å². The molecular weight excluding hydrogens is 202 g/mol. The lowest BCUT2D eigenvalue weighted by Crippen LogP contribution is -2.38. The van der Waals surface area contributed by atoms with Gasteiger partial charge in [-0.3, -0.25) is 0 Å². The molecule has 0 spiro atoms. The molecule has 0 saturated heterocycles. The summed E-state index contributed by atoms with van der Waals surface area (Å²) in [6.45, 7) is 5.01. The maximum atomic E-state index is 11.2. The highest BCUT2D eigenvalue weighted by molar-refractivity contribution is 7.87. The first-order valence-electron chi connectivity index (χ1n) is 4.57. The number of hydrogen-bond donors (Lipinski definition) is 3. The topological polar surface area (TPSA) is 84.2 Å². The maximum absolute atomic E-state index is 11.2. The van der Waals surface area contributed by atoms with Gasteiger partial charge in [-0.1, -0.05) is 26.0 Å². The normalized spacial score (nSPS) is 12.9. The molecular formula is C8H19N3O2S. The molecule has 0 bridgehead atoms. The van der Waals surface area contributed by atoms with Crippen LogP contribution >= 0.6 is 0 Å². The third-order valence-corrected chi connectivity index (χ3v) is 2.47. The number of nitrogens with one attached hydrogen (secondary N) is 2. The largest absolute Gasteiger partial charge is 0.327 e. The molecule has 0 aromatic heterocycles. The van der Waals surface area contributed by atoms with Crippen molar-refractivity contribution in [3.63, 3.8) is 0 Å². The van der Waals surface area contributed by atoms with Crippen LogP contribution in [-0.2, 0) is 10.2 Å². The summed E-state index contributed by atoms with van der Waals surface area (Å²) in [4.78, 5) is 0. The first-order chi connectivity index (χ1) is 6.48. The molecule has 0 unspecified atom stereocenters. The van der Waals surface area contributed by atoms with E-state index in [1.165, 1.54) is 0 Å². The molecule has 84 valence electrons. The molecule has 0 aromatic rings. The SMILES string of the molecule is CC(C)CNS(=O)(=O)NC/C=C/CN. The summed E-state index contributed by atoms with van der Waals surface area (Å²) in [6, 6.07) is 0. The van der Waals surface area contributed by atoms with Crippen molar-refractivity contribution < 1.29 is 8.42 Å². The van der Waals surface area contributed by atoms with Crippen LogP contribution in [0.25, 0.3) is 0 Å². The lowest BCUT2D eigenvalue weighted by atomic mass is 10.2. The highest BCUT2D eigenvalue weighted by Crippen LogP contribution is 1.88. The third-order valence-electron chi connectivity index (χ3n) is 1.38. The van der Waals surface area contributed by atoms with E-state index >= 15 is 0 Å². The van der Waals surface area contributed by atoms with E-state index < -0.39 is 10.2 Å². The molecule has 0 aliphatic heterocycles. The van der Waals surface area contributed by atoms with E-state index in [0.29, 0.717) is 19.0 Å². The average Bonchev–Trinajstić information content (AvgIpc) is 2.10. The van der Waals surface area contributed by atoms with Crippen LogP contribution in [0.1, 0.15) is 13.8 Å². The number of hydrogen-bond acceptors (Lipinski definition) is 3. The fraction of sp³-hybridized carbons (Fsp3) is 0.750. The molecule has 6 heteroatoms. The van der Waals surface area contributed by atoms with Crippen LogP contribution in [0.15, 0.2) is 12.2 Å². The van der Waals surface area contributed by atoms with E-state index in [-0.39, 0.29) is 6.54 Å². The Labute approximate surface area is 85.9 Å². The van der Waals surface area contributed by atoms with Crippen molar-refractivity contribution >= 4 is 10.2 Å². The van der Waals surface area contributed by atoms with Gasteiger partial charge in [0.05, 0.1) is 0 Å². The van der Waals surface area contributed by atoms with E-state index in [2.05, 4.69) is 9.44 Å². The van der Waals surface area contributed by atoms with E-state index in [9.17, 15) is 8.42 Å². The minimum absolute atomic E-state index is 0.268. The second kappa shape index (κ2) is 6.94. The van der Waals surface area contributed by atoms with Crippen LogP contribution in [0, 0.1) is 5.92 Å². The summed E-state index contributed by atoms with van der Waals surface area (Å²) >= 11 is 0. The van der Waals surface area contributed by atoms with Crippen molar-refractivity contribution in [3.05, 3.63) is 12.2 Å². The van der Waals surface area contributed by atoms with Crippen LogP contribution in [0.2, 0.25) is 0 Å². The van der Waals surface area contributed by atoms with Crippen molar-refractivity contribution in [3.8, 4) is 0 Å². The van der Waals surface area contributed by atoms with Gasteiger partial charge in [-0.25, -0.2) is 4.72 Å². The second-order valence-corrected chi connectivity index (χ2v) is 4.89. The first-order valence-corrected chi connectivity index (χ1v) is 6.05. The van der Waals surface area contributed by atoms with E-state index in [1.807, 2.05) is 13.8 Å². The van der Waals surface area contributed by atoms with Gasteiger partial charge in [-0.05, 0) is 5.92 Å². The molecule has 0 fully saturated rings. The Hall–Kier alpha value is -0.430. The molecule has 0 radical (unpaired) electrons. The average molecular weight is 221 g/mol. The predicted octanol–water partition coefficient (Wildman–Crippen LogP) is -0.419. The predicted molar refractivity (Wildman–Crippen MR) is 58.0 cm³/mol. The summed E-state index contributed by atoms with van der Waals surface area (Å²) < 4.78 is 27.2. The van der Waals surface area contributed by atoms with E-state index in [1.54, 1.807) is 12.2 Å². The molecule has 5 nitrogen and oxygen atoms in total. The summed E-state index contributed by atoms with van der Waals surface area (Å²) in [6.07, 6.45) is 3.37. The molecule has 0 heterocycles. The Kier molecular flexibility index (Phi) is 6.73. The van der Waals surface area contributed by atoms with Gasteiger partial charge in [0.2, 0.25) is 0 Å². The van der Waals surface area contributed by atoms with Crippen LogP contribution in [0.4, 0.5) is 0 Å². The van der Waals surface area contributed by atoms with Gasteiger partial charge in [0.1, 0.15) is 0 Å². The van der Waals surface area contributed by atoms with Crippen molar-refractivity contribution in [1.82, 2.24) is 9.44 Å². The molecule has 14 heavy (non-hydrogen) atoms. The van der Waals surface area contributed by atoms with Crippen LogP contribution in [-0.4, -0.2) is 28.1 Å². The summed E-state index contributed by atoms with van der Waals surface area (Å²) in [5.41, 5.74) is 5.20. The van der Waals surface area contributed by atoms with Crippen LogP contribution < -0.4 is 15.2 Å². The Morgan fingerprint density at radius 2 is 1.93 bits per heavy atom. The molecule has 0 atom stereocenters. The Balaban J connectivity index is 3.79. The van der Waals surface area contributed by atoms with Gasteiger partial charge in [-0.2, -0.15) is 13.1 Å². The molecule has 4 N–H and O–H groups in total. The lowest BCUT2D eigenvalue weighted by Gasteiger charge is -2.08. The zero-order valence-electron chi connectivity index (χ0n) is 8.66. The standard InChI is InChI=1S/C8H19N3O2S/c1-8(2)7-11-14(12,13)10-6-4-3-5-9/h3-4,8,10-11H,5-7,9H2,1-2H3/b4-3+. The van der Waals surface area contributed by atoms with Gasteiger partial charge in [0, 0.05) is 19.6 Å². The second-order valence-electron chi connectivity index (χ2n) is 3.30. The van der Waals surface area contributed by atoms with Crippen LogP contribution in [0.3, 0.4) is 0 Å². The highest BCUT2D eigenvalue weighted by Gasteiger charge is 2.07. The van der Waals surface area contributed by atoms with Gasteiger partial charge < -0.3 is 5.73 Å². The van der Waals surface area contributed by atoms with E-state index in [4.69, 9.17) is 5.73 Å². The fourth-order valence-electron chi connectivity index (χ4n) is 0.665. The molecule has 0 saturated carbocycles. The fourth-order valence-corrected chi connectivity index (χ4v) is 1.64. The zero-order valence-corrected chi connectivity index (χ0v) is 9.47. The zero-order chi connectivity index (χ0) is 11.0. The van der Waals surface area contributed by atoms with Gasteiger partial charge >= 0.3 is 0 Å². The quantitative estimate of drug-likeness (QED) is 0.511. The molecule has 0 aliphatic rings. The van der Waals surface area contributed by atoms with Gasteiger partial charge in [0.15, 0.2) is 0 Å². The summed E-state index contributed by atoms with van der Waals surface area (Å²) in [5.74, 6) is 0.297. The minimum Gasteiger partial charge on any atom is -0.327 e. The molecule has 0 amide bonds. The molecule has 0 aliphatic carbocycles. The number of rotatable bonds is 7. The highest BCUT2D eigenvalue weighted by atomic mass is 32.2. The van der Waals surface area contributed by atoms with Crippen molar-refractivity contribution in [2.75, 3.05) is 19.6 Å². The minimum atomic E-state index is -3.35. The maximum Gasteiger partial charge on any atom is 0.277 e. The number of nitrogens with two attached hydrogens (primary N) is 1. The Bertz CT molecular complexity index is 260. The Morgan fingerprint density at radius 1 is 1.29 bits per heavy atom. The van der Waals surface area contributed by atoms with Gasteiger partial charge in [0.25, 0.3) is 10.2 Å². The summed E-state index contributed by atoms with van der Waals surface area (Å²) in [5, 5.41) is 0. The van der Waals surface area contributed by atoms with Crippen molar-refractivity contribution in [2.24, 2.45) is 11.7 Å². The Morgan fingerprint density at radius 3 is 2.43 bits per heavy atom. The van der Waals surface area contributed by atoms with Gasteiger partial charge in [-0.15, -0.1) is 0 Å². The molecule has 0 rings (SSSR count). The van der Waals surface area contributed by atoms with Crippen molar-refractivity contribution in [2.45, 2.75) is 13.8 Å². The van der Waals surface area contributed by atoms with Crippen LogP contribution in [0.5, 0.6) is 0 Å². The lowest BCUT2D eigenvalue weighted by molar-refractivity contribution is 0.550. The van der Waals surface area contributed by atoms with E-state index in [0.717, 1.165) is 0 Å². The first kappa shape index (κ1) is 13.6. The monoisotopic (exact) mass is 221 g/mol. The summed E-state index contributed by atoms with van der Waals surface area (Å²) in [7, 11) is -3.35. The smallest absolute Gasteiger partial charge is 0.277 e. The molecule has 0 aromatic carbocycles. The third kappa shape index (κ3) is 8.18.